The van der Waals surface area contributed by atoms with Crippen LogP contribution in [0.5, 0.6) is 5.75 Å². The largest absolute Gasteiger partial charge is 0.470 e. The molecule has 1 aromatic carbocycles. The van der Waals surface area contributed by atoms with Gasteiger partial charge in [0.2, 0.25) is 0 Å². The number of rotatable bonds is 7. The number of hydrogen-bond acceptors (Lipinski definition) is 7. The lowest BCUT2D eigenvalue weighted by atomic mass is 10.2. The van der Waals surface area contributed by atoms with Crippen molar-refractivity contribution in [1.29, 1.82) is 0 Å². The Morgan fingerprint density at radius 1 is 1.34 bits per heavy atom. The van der Waals surface area contributed by atoms with Gasteiger partial charge in [0.25, 0.3) is 0 Å². The summed E-state index contributed by atoms with van der Waals surface area (Å²) in [6.45, 7) is 9.45. The maximum atomic E-state index is 6.50. The van der Waals surface area contributed by atoms with Crippen LogP contribution in [0, 0.1) is 6.92 Å². The number of aromatic nitrogens is 2. The van der Waals surface area contributed by atoms with Gasteiger partial charge in [0.15, 0.2) is 6.73 Å². The van der Waals surface area contributed by atoms with E-state index in [9.17, 15) is 0 Å². The number of likely N-dealkylation sites (N-methyl/N-ethyl adjacent to an activating group) is 1. The van der Waals surface area contributed by atoms with Gasteiger partial charge in [-0.1, -0.05) is 11.6 Å². The maximum Gasteiger partial charge on any atom is 0.181 e. The van der Waals surface area contributed by atoms with Crippen LogP contribution in [0.4, 0.5) is 5.00 Å². The number of nitrogens with zero attached hydrogens (tertiary/aromatic N) is 5. The molecule has 1 aliphatic rings. The van der Waals surface area contributed by atoms with Crippen LogP contribution in [-0.4, -0.2) is 71.7 Å². The summed E-state index contributed by atoms with van der Waals surface area (Å²) in [5.74, 6) is 2.00. The minimum absolute atomic E-state index is 0.137. The number of ether oxygens (including phenoxy) is 1. The van der Waals surface area contributed by atoms with E-state index in [0.717, 1.165) is 53.6 Å². The number of halogens is 1. The summed E-state index contributed by atoms with van der Waals surface area (Å²) in [7, 11) is 2.12. The van der Waals surface area contributed by atoms with Crippen molar-refractivity contribution in [2.75, 3.05) is 45.3 Å². The normalized spacial score (nSPS) is 15.9. The van der Waals surface area contributed by atoms with Crippen molar-refractivity contribution < 1.29 is 4.74 Å². The number of anilines is 1. The molecule has 0 atom stereocenters. The standard InChI is InChI=1S/C22H26ClN7OS/c1-15-12-21(32-28-15)27-19(24-2)13-20(30-10-8-29(3)9-11-30)26-14-31-18-5-4-17-16(22(18)23)6-7-25-17/h4-7,12-13,25,27H,2,8-11,14H2,1,3H3/b19-13+,26-20+. The lowest BCUT2D eigenvalue weighted by Gasteiger charge is -2.33. The molecule has 2 N–H and O–H groups in total. The van der Waals surface area contributed by atoms with E-state index in [1.54, 1.807) is 0 Å². The molecule has 10 heteroatoms. The molecule has 2 aromatic heterocycles. The first kappa shape index (κ1) is 22.3. The SMILES string of the molecule is C=N/C(=C\C(=N/COc1ccc2[nH]ccc2c1Cl)N1CCN(C)CC1)Nc1cc(C)ns1. The van der Waals surface area contributed by atoms with Gasteiger partial charge in [-0.25, -0.2) is 9.98 Å². The Balaban J connectivity index is 1.54. The second-order valence-corrected chi connectivity index (χ2v) is 8.72. The number of aliphatic imine (C=N–C) groups is 2. The first-order chi connectivity index (χ1) is 15.5. The summed E-state index contributed by atoms with van der Waals surface area (Å²) < 4.78 is 10.2. The van der Waals surface area contributed by atoms with Gasteiger partial charge in [0.05, 0.1) is 10.7 Å². The van der Waals surface area contributed by atoms with E-state index >= 15 is 0 Å². The van der Waals surface area contributed by atoms with Crippen molar-refractivity contribution in [1.82, 2.24) is 19.2 Å². The van der Waals surface area contributed by atoms with E-state index in [2.05, 4.69) is 43.2 Å². The van der Waals surface area contributed by atoms with Crippen molar-refractivity contribution >= 4 is 51.6 Å². The molecule has 168 valence electrons. The van der Waals surface area contributed by atoms with Crippen LogP contribution >= 0.6 is 23.1 Å². The van der Waals surface area contributed by atoms with Gasteiger partial charge in [-0.15, -0.1) is 0 Å². The molecule has 0 spiro atoms. The van der Waals surface area contributed by atoms with Gasteiger partial charge >= 0.3 is 0 Å². The van der Waals surface area contributed by atoms with Crippen molar-refractivity contribution in [3.63, 3.8) is 0 Å². The Morgan fingerprint density at radius 3 is 2.88 bits per heavy atom. The zero-order valence-corrected chi connectivity index (χ0v) is 19.7. The number of benzene rings is 1. The van der Waals surface area contributed by atoms with Crippen molar-refractivity contribution in [3.05, 3.63) is 53.1 Å². The van der Waals surface area contributed by atoms with Gasteiger partial charge < -0.3 is 24.8 Å². The average molecular weight is 472 g/mol. The summed E-state index contributed by atoms with van der Waals surface area (Å²) in [4.78, 5) is 16.5. The predicted octanol–water partition coefficient (Wildman–Crippen LogP) is 4.22. The lowest BCUT2D eigenvalue weighted by molar-refractivity contribution is 0.214. The van der Waals surface area contributed by atoms with Gasteiger partial charge in [-0.2, -0.15) is 4.37 Å². The maximum absolute atomic E-state index is 6.50. The third kappa shape index (κ3) is 5.29. The summed E-state index contributed by atoms with van der Waals surface area (Å²) in [5.41, 5.74) is 1.93. The Kier molecular flexibility index (Phi) is 7.09. The topological polar surface area (TPSA) is 81.1 Å². The minimum atomic E-state index is 0.137. The van der Waals surface area contributed by atoms with Crippen LogP contribution in [0.2, 0.25) is 5.02 Å². The molecular formula is C22H26ClN7OS. The monoisotopic (exact) mass is 471 g/mol. The molecule has 0 unspecified atom stereocenters. The molecule has 3 heterocycles. The Labute approximate surface area is 196 Å². The number of piperazine rings is 1. The Bertz CT molecular complexity index is 1140. The molecule has 0 aliphatic carbocycles. The molecule has 1 aliphatic heterocycles. The van der Waals surface area contributed by atoms with Gasteiger partial charge in [-0.05, 0) is 56.5 Å². The number of amidine groups is 1. The third-order valence-corrected chi connectivity index (χ3v) is 6.41. The van der Waals surface area contributed by atoms with Crippen molar-refractivity contribution in [2.24, 2.45) is 9.98 Å². The molecule has 0 radical (unpaired) electrons. The highest BCUT2D eigenvalue weighted by Gasteiger charge is 2.17. The molecule has 32 heavy (non-hydrogen) atoms. The summed E-state index contributed by atoms with van der Waals surface area (Å²) >= 11 is 7.89. The van der Waals surface area contributed by atoms with Crippen molar-refractivity contribution in [3.8, 4) is 5.75 Å². The van der Waals surface area contributed by atoms with Crippen LogP contribution in [0.15, 0.2) is 52.3 Å². The van der Waals surface area contributed by atoms with Gasteiger partial charge in [-0.3, -0.25) is 0 Å². The van der Waals surface area contributed by atoms with E-state index in [0.29, 0.717) is 16.6 Å². The second kappa shape index (κ2) is 10.2. The summed E-state index contributed by atoms with van der Waals surface area (Å²) in [5, 5.41) is 5.67. The molecule has 8 nitrogen and oxygen atoms in total. The fourth-order valence-corrected chi connectivity index (χ4v) is 4.37. The van der Waals surface area contributed by atoms with Gasteiger partial charge in [0, 0.05) is 49.4 Å². The first-order valence-electron chi connectivity index (χ1n) is 10.3. The third-order valence-electron chi connectivity index (χ3n) is 5.22. The number of H-pyrrole nitrogens is 1. The highest BCUT2D eigenvalue weighted by atomic mass is 35.5. The van der Waals surface area contributed by atoms with E-state index in [4.69, 9.17) is 21.3 Å². The van der Waals surface area contributed by atoms with E-state index in [1.165, 1.54) is 11.5 Å². The van der Waals surface area contributed by atoms with E-state index in [-0.39, 0.29) is 6.73 Å². The highest BCUT2D eigenvalue weighted by Crippen LogP contribution is 2.32. The fraction of sp³-hybridized carbons (Fsp3) is 0.318. The number of aryl methyl sites for hydroxylation is 1. The molecule has 0 bridgehead atoms. The average Bonchev–Trinajstić information content (AvgIpc) is 3.43. The van der Waals surface area contributed by atoms with Crippen LogP contribution in [-0.2, 0) is 0 Å². The Hall–Kier alpha value is -2.88. The summed E-state index contributed by atoms with van der Waals surface area (Å²) in [6.07, 6.45) is 3.75. The molecule has 1 saturated heterocycles. The predicted molar refractivity (Wildman–Crippen MR) is 133 cm³/mol. The van der Waals surface area contributed by atoms with Crippen molar-refractivity contribution in [2.45, 2.75) is 6.92 Å². The summed E-state index contributed by atoms with van der Waals surface area (Å²) in [6, 6.07) is 7.70. The zero-order chi connectivity index (χ0) is 22.5. The smallest absolute Gasteiger partial charge is 0.181 e. The van der Waals surface area contributed by atoms with Crippen LogP contribution in [0.3, 0.4) is 0 Å². The van der Waals surface area contributed by atoms with Gasteiger partial charge in [0.1, 0.15) is 22.4 Å². The zero-order valence-electron chi connectivity index (χ0n) is 18.1. The van der Waals surface area contributed by atoms with E-state index < -0.39 is 0 Å². The number of fused-ring (bicyclic) bond motifs is 1. The lowest BCUT2D eigenvalue weighted by Crippen LogP contribution is -2.47. The Morgan fingerprint density at radius 2 is 2.16 bits per heavy atom. The molecular weight excluding hydrogens is 446 g/mol. The first-order valence-corrected chi connectivity index (χ1v) is 11.4. The second-order valence-electron chi connectivity index (χ2n) is 7.54. The highest BCUT2D eigenvalue weighted by molar-refractivity contribution is 7.10. The van der Waals surface area contributed by atoms with E-state index in [1.807, 2.05) is 43.5 Å². The minimum Gasteiger partial charge on any atom is -0.470 e. The van der Waals surface area contributed by atoms with Crippen LogP contribution < -0.4 is 10.1 Å². The van der Waals surface area contributed by atoms with Crippen LogP contribution in [0.25, 0.3) is 10.9 Å². The number of aromatic amines is 1. The molecule has 1 fully saturated rings. The number of hydrogen-bond donors (Lipinski definition) is 2. The molecule has 4 rings (SSSR count). The quantitative estimate of drug-likeness (QED) is 0.398. The molecule has 3 aromatic rings. The molecule has 0 amide bonds. The fourth-order valence-electron chi connectivity index (χ4n) is 3.42. The number of nitrogens with one attached hydrogen (secondary N) is 2. The molecule has 0 saturated carbocycles. The van der Waals surface area contributed by atoms with Crippen LogP contribution in [0.1, 0.15) is 5.69 Å².